The zero-order chi connectivity index (χ0) is 22.6. The number of nitrogens with one attached hydrogen (secondary N) is 1. The number of pyridine rings is 1. The van der Waals surface area contributed by atoms with E-state index < -0.39 is 11.7 Å². The fourth-order valence-corrected chi connectivity index (χ4v) is 4.55. The highest BCUT2D eigenvalue weighted by molar-refractivity contribution is 6.34. The quantitative estimate of drug-likeness (QED) is 0.573. The first-order valence-corrected chi connectivity index (χ1v) is 11.5. The molecule has 0 unspecified atom stereocenters. The highest BCUT2D eigenvalue weighted by Crippen LogP contribution is 2.39. The van der Waals surface area contributed by atoms with Crippen LogP contribution in [0.15, 0.2) is 30.3 Å². The van der Waals surface area contributed by atoms with Crippen molar-refractivity contribution in [1.29, 1.82) is 0 Å². The Balaban J connectivity index is 1.18. The van der Waals surface area contributed by atoms with Crippen LogP contribution in [0.3, 0.4) is 0 Å². The minimum atomic E-state index is -4.44. The van der Waals surface area contributed by atoms with Crippen LogP contribution in [-0.2, 0) is 12.6 Å². The van der Waals surface area contributed by atoms with Crippen LogP contribution in [0, 0.1) is 0 Å². The number of hydrogen-bond acceptors (Lipinski definition) is 5. The van der Waals surface area contributed by atoms with Crippen molar-refractivity contribution < 1.29 is 17.9 Å². The molecule has 0 spiro atoms. The van der Waals surface area contributed by atoms with Crippen LogP contribution < -0.4 is 15.0 Å². The van der Waals surface area contributed by atoms with Crippen molar-refractivity contribution in [2.75, 3.05) is 56.1 Å². The van der Waals surface area contributed by atoms with Crippen molar-refractivity contribution in [2.24, 2.45) is 0 Å². The maximum Gasteiger partial charge on any atom is 0.417 e. The van der Waals surface area contributed by atoms with E-state index >= 15 is 0 Å². The van der Waals surface area contributed by atoms with E-state index in [1.807, 2.05) is 11.0 Å². The summed E-state index contributed by atoms with van der Waals surface area (Å²) in [5.74, 6) is 1.59. The van der Waals surface area contributed by atoms with E-state index in [2.05, 4.69) is 21.3 Å². The molecule has 0 radical (unpaired) electrons. The number of rotatable bonds is 7. The Hall–Kier alpha value is -2.19. The second-order valence-corrected chi connectivity index (χ2v) is 8.59. The highest BCUT2D eigenvalue weighted by atomic mass is 35.5. The highest BCUT2D eigenvalue weighted by Gasteiger charge is 2.34. The van der Waals surface area contributed by atoms with Crippen molar-refractivity contribution in [2.45, 2.75) is 31.9 Å². The standard InChI is InChI=1S/C23H28ClF3N4O/c24-21-18(23(25,26)27)6-3-7-19(21)31-14-12-30(13-15-31)11-1-2-16-32-20-9-8-17-5-4-10-28-22(17)29-20/h3,6-9H,1-2,4-5,10-16H2,(H,28,29). The number of halogens is 4. The predicted molar refractivity (Wildman–Crippen MR) is 121 cm³/mol. The van der Waals surface area contributed by atoms with Gasteiger partial charge < -0.3 is 15.0 Å². The Bertz CT molecular complexity index is 917. The van der Waals surface area contributed by atoms with E-state index in [-0.39, 0.29) is 5.02 Å². The van der Waals surface area contributed by atoms with Gasteiger partial charge in [0.25, 0.3) is 0 Å². The molecule has 0 amide bonds. The molecule has 9 heteroatoms. The van der Waals surface area contributed by atoms with Gasteiger partial charge in [0.1, 0.15) is 5.82 Å². The summed E-state index contributed by atoms with van der Waals surface area (Å²) in [6.07, 6.45) is -0.333. The van der Waals surface area contributed by atoms with E-state index in [1.165, 1.54) is 11.6 Å². The van der Waals surface area contributed by atoms with Gasteiger partial charge in [-0.1, -0.05) is 17.7 Å². The van der Waals surface area contributed by atoms with Crippen LogP contribution in [0.2, 0.25) is 5.02 Å². The lowest BCUT2D eigenvalue weighted by atomic mass is 10.1. The van der Waals surface area contributed by atoms with Crippen LogP contribution in [0.1, 0.15) is 30.4 Å². The topological polar surface area (TPSA) is 40.6 Å². The number of unbranched alkanes of at least 4 members (excludes halogenated alkanes) is 1. The number of ether oxygens (including phenoxy) is 1. The Labute approximate surface area is 191 Å². The third-order valence-electron chi connectivity index (χ3n) is 5.98. The molecule has 5 nitrogen and oxygen atoms in total. The molecule has 1 aromatic heterocycles. The van der Waals surface area contributed by atoms with Gasteiger partial charge in [-0.05, 0) is 56.0 Å². The number of benzene rings is 1. The maximum atomic E-state index is 13.1. The molecule has 0 atom stereocenters. The first-order valence-electron chi connectivity index (χ1n) is 11.1. The minimum absolute atomic E-state index is 0.211. The molecule has 1 aromatic carbocycles. The number of hydrogen-bond donors (Lipinski definition) is 1. The molecule has 0 bridgehead atoms. The van der Waals surface area contributed by atoms with Gasteiger partial charge in [-0.3, -0.25) is 4.90 Å². The number of piperazine rings is 1. The summed E-state index contributed by atoms with van der Waals surface area (Å²) in [6.45, 7) is 5.42. The molecule has 2 aliphatic rings. The van der Waals surface area contributed by atoms with Crippen LogP contribution in [-0.4, -0.2) is 55.8 Å². The summed E-state index contributed by atoms with van der Waals surface area (Å²) in [5, 5.41) is 3.10. The molecule has 1 N–H and O–H groups in total. The molecule has 0 aliphatic carbocycles. The summed E-state index contributed by atoms with van der Waals surface area (Å²) in [6, 6.07) is 8.13. The third-order valence-corrected chi connectivity index (χ3v) is 6.38. The van der Waals surface area contributed by atoms with E-state index in [0.717, 1.165) is 63.7 Å². The minimum Gasteiger partial charge on any atom is -0.478 e. The molecule has 3 heterocycles. The van der Waals surface area contributed by atoms with Gasteiger partial charge in [-0.15, -0.1) is 0 Å². The normalized spacial score (nSPS) is 17.1. The molecule has 174 valence electrons. The average Bonchev–Trinajstić information content (AvgIpc) is 2.79. The number of nitrogens with zero attached hydrogens (tertiary/aromatic N) is 3. The number of alkyl halides is 3. The van der Waals surface area contributed by atoms with Gasteiger partial charge >= 0.3 is 6.18 Å². The fraction of sp³-hybridized carbons (Fsp3) is 0.522. The predicted octanol–water partition coefficient (Wildman–Crippen LogP) is 5.09. The van der Waals surface area contributed by atoms with Gasteiger partial charge in [-0.2, -0.15) is 18.2 Å². The smallest absolute Gasteiger partial charge is 0.417 e. The second kappa shape index (κ2) is 10.2. The van der Waals surface area contributed by atoms with Crippen LogP contribution in [0.4, 0.5) is 24.7 Å². The summed E-state index contributed by atoms with van der Waals surface area (Å²) < 4.78 is 45.1. The van der Waals surface area contributed by atoms with E-state index in [9.17, 15) is 13.2 Å². The number of fused-ring (bicyclic) bond motifs is 1. The lowest BCUT2D eigenvalue weighted by Gasteiger charge is -2.36. The fourth-order valence-electron chi connectivity index (χ4n) is 4.20. The van der Waals surface area contributed by atoms with Gasteiger partial charge in [0.15, 0.2) is 0 Å². The molecule has 1 fully saturated rings. The number of aromatic nitrogens is 1. The molecule has 1 saturated heterocycles. The van der Waals surface area contributed by atoms with Crippen LogP contribution in [0.5, 0.6) is 5.88 Å². The lowest BCUT2D eigenvalue weighted by Crippen LogP contribution is -2.46. The van der Waals surface area contributed by atoms with Gasteiger partial charge in [0.2, 0.25) is 5.88 Å². The Morgan fingerprint density at radius 1 is 1.06 bits per heavy atom. The van der Waals surface area contributed by atoms with E-state index in [1.54, 1.807) is 6.07 Å². The lowest BCUT2D eigenvalue weighted by molar-refractivity contribution is -0.137. The summed E-state index contributed by atoms with van der Waals surface area (Å²) >= 11 is 6.07. The number of anilines is 2. The van der Waals surface area contributed by atoms with Crippen molar-refractivity contribution >= 4 is 23.1 Å². The van der Waals surface area contributed by atoms with Crippen LogP contribution >= 0.6 is 11.6 Å². The largest absolute Gasteiger partial charge is 0.478 e. The summed E-state index contributed by atoms with van der Waals surface area (Å²) in [4.78, 5) is 8.81. The number of aryl methyl sites for hydroxylation is 1. The Morgan fingerprint density at radius 2 is 1.88 bits per heavy atom. The second-order valence-electron chi connectivity index (χ2n) is 8.21. The van der Waals surface area contributed by atoms with Crippen molar-refractivity contribution in [3.05, 3.63) is 46.5 Å². The maximum absolute atomic E-state index is 13.1. The molecule has 32 heavy (non-hydrogen) atoms. The monoisotopic (exact) mass is 468 g/mol. The van der Waals surface area contributed by atoms with Crippen molar-refractivity contribution in [3.63, 3.8) is 0 Å². The third kappa shape index (κ3) is 5.59. The Morgan fingerprint density at radius 3 is 2.66 bits per heavy atom. The average molecular weight is 469 g/mol. The van der Waals surface area contributed by atoms with Gasteiger partial charge in [0, 0.05) is 38.8 Å². The molecular formula is C23H28ClF3N4O. The SMILES string of the molecule is FC(F)(F)c1cccc(N2CCN(CCCCOc3ccc4c(n3)NCCC4)CC2)c1Cl. The zero-order valence-electron chi connectivity index (χ0n) is 17.9. The summed E-state index contributed by atoms with van der Waals surface area (Å²) in [5.41, 5.74) is 0.930. The molecule has 2 aliphatic heterocycles. The van der Waals surface area contributed by atoms with Crippen molar-refractivity contribution in [3.8, 4) is 5.88 Å². The van der Waals surface area contributed by atoms with Gasteiger partial charge in [-0.25, -0.2) is 0 Å². The molecule has 0 saturated carbocycles. The first kappa shape index (κ1) is 23.0. The Kier molecular flexibility index (Phi) is 7.30. The van der Waals surface area contributed by atoms with E-state index in [0.29, 0.717) is 31.3 Å². The molecule has 4 rings (SSSR count). The van der Waals surface area contributed by atoms with Crippen LogP contribution in [0.25, 0.3) is 0 Å². The zero-order valence-corrected chi connectivity index (χ0v) is 18.7. The summed E-state index contributed by atoms with van der Waals surface area (Å²) in [7, 11) is 0. The van der Waals surface area contributed by atoms with E-state index in [4.69, 9.17) is 16.3 Å². The molecule has 2 aromatic rings. The van der Waals surface area contributed by atoms with Crippen molar-refractivity contribution in [1.82, 2.24) is 9.88 Å². The molecular weight excluding hydrogens is 441 g/mol. The first-order chi connectivity index (χ1) is 15.4. The van der Waals surface area contributed by atoms with Gasteiger partial charge in [0.05, 0.1) is 22.9 Å².